The number of benzene rings is 1. The number of halogens is 2. The Morgan fingerprint density at radius 1 is 1.42 bits per heavy atom. The molecule has 1 aromatic carbocycles. The van der Waals surface area contributed by atoms with Gasteiger partial charge in [-0.3, -0.25) is 9.36 Å². The van der Waals surface area contributed by atoms with Gasteiger partial charge < -0.3 is 5.32 Å². The Balaban J connectivity index is 2.10. The lowest BCUT2D eigenvalue weighted by atomic mass is 10.1. The van der Waals surface area contributed by atoms with Crippen LogP contribution in [0.1, 0.15) is 6.42 Å². The van der Waals surface area contributed by atoms with Crippen LogP contribution in [0.5, 0.6) is 0 Å². The third kappa shape index (κ3) is 2.48. The molecular formula is C13H13Cl2N3O. The van der Waals surface area contributed by atoms with Gasteiger partial charge in [-0.15, -0.1) is 0 Å². The largest absolute Gasteiger partial charge is 0.316 e. The molecule has 19 heavy (non-hydrogen) atoms. The molecule has 4 nitrogen and oxygen atoms in total. The number of hydrogen-bond donors (Lipinski definition) is 1. The minimum Gasteiger partial charge on any atom is -0.316 e. The fourth-order valence-electron chi connectivity index (χ4n) is 2.45. The van der Waals surface area contributed by atoms with Crippen molar-refractivity contribution in [2.24, 2.45) is 5.92 Å². The summed E-state index contributed by atoms with van der Waals surface area (Å²) < 4.78 is 1.54. The molecule has 0 radical (unpaired) electrons. The minimum absolute atomic E-state index is 0.121. The van der Waals surface area contributed by atoms with E-state index in [0.717, 1.165) is 19.5 Å². The van der Waals surface area contributed by atoms with E-state index in [0.29, 0.717) is 28.4 Å². The molecule has 1 aliphatic heterocycles. The van der Waals surface area contributed by atoms with E-state index >= 15 is 0 Å². The molecule has 1 aliphatic rings. The molecule has 1 atom stereocenters. The maximum Gasteiger partial charge on any atom is 0.262 e. The van der Waals surface area contributed by atoms with Crippen LogP contribution in [-0.4, -0.2) is 22.6 Å². The average molecular weight is 298 g/mol. The fourth-order valence-corrected chi connectivity index (χ4v) is 2.86. The predicted molar refractivity (Wildman–Crippen MR) is 77.0 cm³/mol. The molecule has 3 rings (SSSR count). The molecule has 0 amide bonds. The molecule has 1 fully saturated rings. The van der Waals surface area contributed by atoms with E-state index in [1.165, 1.54) is 4.57 Å². The van der Waals surface area contributed by atoms with Crippen LogP contribution in [0.15, 0.2) is 23.0 Å². The molecule has 1 N–H and O–H groups in total. The van der Waals surface area contributed by atoms with Gasteiger partial charge in [-0.05, 0) is 55.2 Å². The fraction of sp³-hybridized carbons (Fsp3) is 0.385. The van der Waals surface area contributed by atoms with Crippen molar-refractivity contribution in [1.29, 1.82) is 0 Å². The van der Waals surface area contributed by atoms with Gasteiger partial charge in [-0.1, -0.05) is 11.6 Å². The second-order valence-electron chi connectivity index (χ2n) is 4.82. The second kappa shape index (κ2) is 5.12. The molecule has 1 saturated heterocycles. The first-order chi connectivity index (χ1) is 9.15. The van der Waals surface area contributed by atoms with Crippen LogP contribution in [0, 0.1) is 5.92 Å². The molecule has 0 aliphatic carbocycles. The summed E-state index contributed by atoms with van der Waals surface area (Å²) in [5.41, 5.74) is 0.463. The van der Waals surface area contributed by atoms with Crippen molar-refractivity contribution in [2.75, 3.05) is 13.1 Å². The molecule has 2 aromatic rings. The van der Waals surface area contributed by atoms with E-state index in [-0.39, 0.29) is 10.8 Å². The summed E-state index contributed by atoms with van der Waals surface area (Å²) in [4.78, 5) is 16.7. The minimum atomic E-state index is -0.121. The lowest BCUT2D eigenvalue weighted by Gasteiger charge is -2.13. The summed E-state index contributed by atoms with van der Waals surface area (Å²) in [6.07, 6.45) is 1.05. The number of hydrogen-bond acceptors (Lipinski definition) is 3. The van der Waals surface area contributed by atoms with Gasteiger partial charge in [-0.2, -0.15) is 0 Å². The van der Waals surface area contributed by atoms with Crippen molar-refractivity contribution in [3.63, 3.8) is 0 Å². The highest BCUT2D eigenvalue weighted by Gasteiger charge is 2.18. The zero-order chi connectivity index (χ0) is 13.4. The van der Waals surface area contributed by atoms with Gasteiger partial charge in [0.25, 0.3) is 5.56 Å². The molecule has 1 unspecified atom stereocenters. The van der Waals surface area contributed by atoms with Crippen molar-refractivity contribution in [3.05, 3.63) is 38.9 Å². The van der Waals surface area contributed by atoms with Gasteiger partial charge in [0.15, 0.2) is 0 Å². The molecule has 1 aromatic heterocycles. The first-order valence-corrected chi connectivity index (χ1v) is 6.97. The van der Waals surface area contributed by atoms with E-state index in [2.05, 4.69) is 10.3 Å². The van der Waals surface area contributed by atoms with Crippen LogP contribution >= 0.6 is 23.2 Å². The maximum atomic E-state index is 12.4. The Hall–Kier alpha value is -1.10. The molecule has 6 heteroatoms. The lowest BCUT2D eigenvalue weighted by molar-refractivity contribution is 0.470. The Morgan fingerprint density at radius 2 is 2.26 bits per heavy atom. The SMILES string of the molecule is O=c1c2cc(Cl)ccc2nc(Cl)n1CC1CCNC1. The van der Waals surface area contributed by atoms with Crippen LogP contribution < -0.4 is 10.9 Å². The Labute approximate surface area is 120 Å². The monoisotopic (exact) mass is 297 g/mol. The van der Waals surface area contributed by atoms with E-state index < -0.39 is 0 Å². The van der Waals surface area contributed by atoms with Crippen LogP contribution in [0.4, 0.5) is 0 Å². The summed E-state index contributed by atoms with van der Waals surface area (Å²) in [6, 6.07) is 5.07. The summed E-state index contributed by atoms with van der Waals surface area (Å²) >= 11 is 12.1. The molecule has 2 heterocycles. The van der Waals surface area contributed by atoms with E-state index in [4.69, 9.17) is 23.2 Å². The highest BCUT2D eigenvalue weighted by atomic mass is 35.5. The molecule has 0 spiro atoms. The van der Waals surface area contributed by atoms with Crippen LogP contribution in [0.3, 0.4) is 0 Å². The number of nitrogens with one attached hydrogen (secondary N) is 1. The van der Waals surface area contributed by atoms with Gasteiger partial charge in [0, 0.05) is 11.6 Å². The Morgan fingerprint density at radius 3 is 3.00 bits per heavy atom. The third-order valence-corrected chi connectivity index (χ3v) is 4.00. The zero-order valence-corrected chi connectivity index (χ0v) is 11.7. The van der Waals surface area contributed by atoms with E-state index in [9.17, 15) is 4.79 Å². The highest BCUT2D eigenvalue weighted by Crippen LogP contribution is 2.18. The van der Waals surface area contributed by atoms with Gasteiger partial charge in [0.1, 0.15) is 0 Å². The molecule has 0 saturated carbocycles. The quantitative estimate of drug-likeness (QED) is 0.866. The van der Waals surface area contributed by atoms with Gasteiger partial charge >= 0.3 is 0 Å². The Bertz CT molecular complexity index is 677. The number of aromatic nitrogens is 2. The summed E-state index contributed by atoms with van der Waals surface area (Å²) in [6.45, 7) is 2.50. The summed E-state index contributed by atoms with van der Waals surface area (Å²) in [5.74, 6) is 0.425. The normalized spacial score (nSPS) is 19.2. The maximum absolute atomic E-state index is 12.4. The van der Waals surface area contributed by atoms with Crippen LogP contribution in [0.25, 0.3) is 10.9 Å². The molecule has 100 valence electrons. The zero-order valence-electron chi connectivity index (χ0n) is 10.2. The first kappa shape index (κ1) is 12.9. The Kier molecular flexibility index (Phi) is 3.48. The van der Waals surface area contributed by atoms with Gasteiger partial charge in [0.2, 0.25) is 5.28 Å². The van der Waals surface area contributed by atoms with Gasteiger partial charge in [0.05, 0.1) is 10.9 Å². The second-order valence-corrected chi connectivity index (χ2v) is 5.59. The number of fused-ring (bicyclic) bond motifs is 1. The van der Waals surface area contributed by atoms with Crippen LogP contribution in [-0.2, 0) is 6.54 Å². The smallest absolute Gasteiger partial charge is 0.262 e. The van der Waals surface area contributed by atoms with Crippen molar-refractivity contribution in [3.8, 4) is 0 Å². The summed E-state index contributed by atoms with van der Waals surface area (Å²) in [7, 11) is 0. The predicted octanol–water partition coefficient (Wildman–Crippen LogP) is 2.31. The molecular weight excluding hydrogens is 285 g/mol. The lowest BCUT2D eigenvalue weighted by Crippen LogP contribution is -2.26. The molecule has 0 bridgehead atoms. The van der Waals surface area contributed by atoms with Crippen molar-refractivity contribution >= 4 is 34.1 Å². The standard InChI is InChI=1S/C13H13Cl2N3O/c14-9-1-2-11-10(5-9)12(19)18(13(15)17-11)7-8-3-4-16-6-8/h1-2,5,8,16H,3-4,6-7H2. The number of rotatable bonds is 2. The van der Waals surface area contributed by atoms with Crippen LogP contribution in [0.2, 0.25) is 10.3 Å². The first-order valence-electron chi connectivity index (χ1n) is 6.21. The van der Waals surface area contributed by atoms with E-state index in [1.54, 1.807) is 18.2 Å². The highest BCUT2D eigenvalue weighted by molar-refractivity contribution is 6.31. The van der Waals surface area contributed by atoms with Gasteiger partial charge in [-0.25, -0.2) is 4.98 Å². The third-order valence-electron chi connectivity index (χ3n) is 3.47. The average Bonchev–Trinajstić information content (AvgIpc) is 2.89. The summed E-state index contributed by atoms with van der Waals surface area (Å²) in [5, 5.41) is 4.57. The van der Waals surface area contributed by atoms with Crippen molar-refractivity contribution in [2.45, 2.75) is 13.0 Å². The topological polar surface area (TPSA) is 46.9 Å². The van der Waals surface area contributed by atoms with Crippen molar-refractivity contribution < 1.29 is 0 Å². The van der Waals surface area contributed by atoms with E-state index in [1.807, 2.05) is 0 Å². The van der Waals surface area contributed by atoms with Crippen molar-refractivity contribution in [1.82, 2.24) is 14.9 Å². The number of nitrogens with zero attached hydrogens (tertiary/aromatic N) is 2.